The number of ether oxygens (including phenoxy) is 1. The van der Waals surface area contributed by atoms with Crippen molar-refractivity contribution in [3.63, 3.8) is 0 Å². The van der Waals surface area contributed by atoms with E-state index in [4.69, 9.17) is 9.15 Å². The average molecular weight is 477 g/mol. The molecule has 33 heavy (non-hydrogen) atoms. The maximum Gasteiger partial charge on any atom is 0.246 e. The molecule has 0 radical (unpaired) electrons. The highest BCUT2D eigenvalue weighted by atomic mass is 32.2. The molecule has 174 valence electrons. The minimum Gasteiger partial charge on any atom is -0.441 e. The Morgan fingerprint density at radius 1 is 1.09 bits per heavy atom. The van der Waals surface area contributed by atoms with Crippen LogP contribution in [0.5, 0.6) is 0 Å². The summed E-state index contributed by atoms with van der Waals surface area (Å²) in [5.74, 6) is -0.914. The molecule has 2 aromatic carbocycles. The highest BCUT2D eigenvalue weighted by molar-refractivity contribution is 7.89. The van der Waals surface area contributed by atoms with Crippen molar-refractivity contribution >= 4 is 21.6 Å². The van der Waals surface area contributed by atoms with Crippen molar-refractivity contribution in [3.8, 4) is 11.3 Å². The molecule has 1 aliphatic rings. The van der Waals surface area contributed by atoms with E-state index in [0.29, 0.717) is 17.2 Å². The molecule has 2 heterocycles. The molecule has 1 aliphatic heterocycles. The number of aromatic nitrogens is 1. The molecule has 0 unspecified atom stereocenters. The van der Waals surface area contributed by atoms with Crippen LogP contribution in [0.15, 0.2) is 58.0 Å². The first-order valence-electron chi connectivity index (χ1n) is 10.2. The smallest absolute Gasteiger partial charge is 0.246 e. The van der Waals surface area contributed by atoms with Gasteiger partial charge in [-0.05, 0) is 42.5 Å². The van der Waals surface area contributed by atoms with Crippen LogP contribution in [-0.2, 0) is 26.0 Å². The second-order valence-corrected chi connectivity index (χ2v) is 9.24. The molecule has 3 aromatic rings. The minimum atomic E-state index is -4.05. The summed E-state index contributed by atoms with van der Waals surface area (Å²) in [5.41, 5.74) is 0.813. The van der Waals surface area contributed by atoms with Gasteiger partial charge in [-0.25, -0.2) is 22.2 Å². The number of benzene rings is 2. The summed E-state index contributed by atoms with van der Waals surface area (Å²) in [5, 5.41) is 2.58. The average Bonchev–Trinajstić information content (AvgIpc) is 3.29. The summed E-state index contributed by atoms with van der Waals surface area (Å²) < 4.78 is 64.8. The molecule has 1 aromatic heterocycles. The highest BCUT2D eigenvalue weighted by Gasteiger charge is 2.29. The predicted octanol–water partition coefficient (Wildman–Crippen LogP) is 3.21. The number of rotatable bonds is 7. The van der Waals surface area contributed by atoms with Crippen LogP contribution in [0.1, 0.15) is 12.3 Å². The largest absolute Gasteiger partial charge is 0.441 e. The predicted molar refractivity (Wildman–Crippen MR) is 115 cm³/mol. The molecule has 0 spiro atoms. The molecule has 1 amide bonds. The summed E-state index contributed by atoms with van der Waals surface area (Å²) in [7, 11) is -4.05. The van der Waals surface area contributed by atoms with E-state index in [1.807, 2.05) is 0 Å². The van der Waals surface area contributed by atoms with Gasteiger partial charge in [0.2, 0.25) is 15.9 Å². The van der Waals surface area contributed by atoms with Crippen LogP contribution < -0.4 is 5.32 Å². The van der Waals surface area contributed by atoms with E-state index in [9.17, 15) is 22.0 Å². The quantitative estimate of drug-likeness (QED) is 0.561. The van der Waals surface area contributed by atoms with Gasteiger partial charge in [-0.15, -0.1) is 0 Å². The number of morpholine rings is 1. The van der Waals surface area contributed by atoms with Gasteiger partial charge in [0.1, 0.15) is 16.5 Å². The van der Waals surface area contributed by atoms with E-state index in [2.05, 4.69) is 10.3 Å². The summed E-state index contributed by atoms with van der Waals surface area (Å²) >= 11 is 0. The van der Waals surface area contributed by atoms with Crippen molar-refractivity contribution in [1.29, 1.82) is 0 Å². The third kappa shape index (κ3) is 5.44. The second kappa shape index (κ2) is 9.77. The molecular weight excluding hydrogens is 456 g/mol. The van der Waals surface area contributed by atoms with Crippen LogP contribution >= 0.6 is 0 Å². The normalized spacial score (nSPS) is 14.8. The second-order valence-electron chi connectivity index (χ2n) is 7.33. The molecule has 4 rings (SSSR count). The molecule has 0 aliphatic carbocycles. The van der Waals surface area contributed by atoms with Crippen molar-refractivity contribution in [2.75, 3.05) is 31.6 Å². The topological polar surface area (TPSA) is 102 Å². The van der Waals surface area contributed by atoms with Gasteiger partial charge in [0.25, 0.3) is 0 Å². The summed E-state index contributed by atoms with van der Waals surface area (Å²) in [6.45, 7) is 0.741. The molecule has 1 saturated heterocycles. The minimum absolute atomic E-state index is 0.00624. The third-order valence-corrected chi connectivity index (χ3v) is 6.96. The first-order valence-corrected chi connectivity index (χ1v) is 11.6. The first kappa shape index (κ1) is 23.0. The van der Waals surface area contributed by atoms with Gasteiger partial charge in [-0.2, -0.15) is 4.31 Å². The Morgan fingerprint density at radius 2 is 1.82 bits per heavy atom. The number of carbonyl (C=O) groups excluding carboxylic acids is 1. The van der Waals surface area contributed by atoms with Crippen molar-refractivity contribution < 1.29 is 31.1 Å². The fourth-order valence-corrected chi connectivity index (χ4v) is 4.82. The maximum atomic E-state index is 14.3. The Morgan fingerprint density at radius 3 is 2.55 bits per heavy atom. The fourth-order valence-electron chi connectivity index (χ4n) is 3.32. The fraction of sp³-hybridized carbons (Fsp3) is 0.273. The number of aryl methyl sites for hydroxylation is 1. The monoisotopic (exact) mass is 477 g/mol. The number of hydrogen-bond acceptors (Lipinski definition) is 6. The highest BCUT2D eigenvalue weighted by Crippen LogP contribution is 2.24. The Labute approximate surface area is 189 Å². The van der Waals surface area contributed by atoms with Gasteiger partial charge in [0, 0.05) is 37.2 Å². The molecule has 0 atom stereocenters. The summed E-state index contributed by atoms with van der Waals surface area (Å²) in [6, 6.07) is 9.14. The van der Waals surface area contributed by atoms with Crippen LogP contribution in [0, 0.1) is 11.6 Å². The molecule has 1 fully saturated rings. The number of oxazole rings is 1. The van der Waals surface area contributed by atoms with Crippen LogP contribution in [0.25, 0.3) is 11.3 Å². The van der Waals surface area contributed by atoms with E-state index in [0.717, 1.165) is 16.4 Å². The van der Waals surface area contributed by atoms with E-state index in [-0.39, 0.29) is 50.6 Å². The lowest BCUT2D eigenvalue weighted by molar-refractivity contribution is -0.116. The molecular formula is C22H21F2N3O5S. The van der Waals surface area contributed by atoms with Crippen LogP contribution in [0.3, 0.4) is 0 Å². The Kier molecular flexibility index (Phi) is 6.82. The van der Waals surface area contributed by atoms with Crippen molar-refractivity contribution in [1.82, 2.24) is 9.29 Å². The van der Waals surface area contributed by atoms with Gasteiger partial charge in [0.05, 0.1) is 19.4 Å². The van der Waals surface area contributed by atoms with Gasteiger partial charge >= 0.3 is 0 Å². The van der Waals surface area contributed by atoms with Gasteiger partial charge in [0.15, 0.2) is 11.7 Å². The van der Waals surface area contributed by atoms with E-state index in [1.54, 1.807) is 12.1 Å². The number of nitrogens with zero attached hydrogens (tertiary/aromatic N) is 2. The van der Waals surface area contributed by atoms with E-state index >= 15 is 0 Å². The van der Waals surface area contributed by atoms with E-state index < -0.39 is 26.6 Å². The van der Waals surface area contributed by atoms with Crippen LogP contribution in [-0.4, -0.2) is 49.9 Å². The van der Waals surface area contributed by atoms with Gasteiger partial charge < -0.3 is 14.5 Å². The zero-order valence-electron chi connectivity index (χ0n) is 17.5. The zero-order valence-corrected chi connectivity index (χ0v) is 18.3. The molecule has 11 heteroatoms. The lowest BCUT2D eigenvalue weighted by Crippen LogP contribution is -2.40. The number of nitrogens with one attached hydrogen (secondary N) is 1. The lowest BCUT2D eigenvalue weighted by Gasteiger charge is -2.26. The standard InChI is InChI=1S/C22H21F2N3O5S/c23-16-3-1-15(2-4-16)19-14-25-22(32-19)8-7-21(28)26-17-5-6-18(24)20(13-17)33(29,30)27-9-11-31-12-10-27/h1-6,13-14H,7-12H2,(H,26,28). The maximum absolute atomic E-state index is 14.3. The number of sulfonamides is 1. The molecule has 8 nitrogen and oxygen atoms in total. The zero-order chi connectivity index (χ0) is 23.4. The third-order valence-electron chi connectivity index (χ3n) is 5.05. The first-order chi connectivity index (χ1) is 15.8. The van der Waals surface area contributed by atoms with Crippen molar-refractivity contribution in [3.05, 3.63) is 66.2 Å². The lowest BCUT2D eigenvalue weighted by atomic mass is 10.2. The van der Waals surface area contributed by atoms with Crippen molar-refractivity contribution in [2.45, 2.75) is 17.7 Å². The number of amides is 1. The SMILES string of the molecule is O=C(CCc1ncc(-c2ccc(F)cc2)o1)Nc1ccc(F)c(S(=O)(=O)N2CCOCC2)c1. The number of carbonyl (C=O) groups is 1. The molecule has 1 N–H and O–H groups in total. The Hall–Kier alpha value is -3.15. The van der Waals surface area contributed by atoms with Crippen LogP contribution in [0.2, 0.25) is 0 Å². The summed E-state index contributed by atoms with van der Waals surface area (Å²) in [4.78, 5) is 16.0. The molecule has 0 bridgehead atoms. The summed E-state index contributed by atoms with van der Waals surface area (Å²) in [6.07, 6.45) is 1.68. The number of halogens is 2. The van der Waals surface area contributed by atoms with Gasteiger partial charge in [-0.3, -0.25) is 4.79 Å². The Balaban J connectivity index is 1.39. The van der Waals surface area contributed by atoms with Gasteiger partial charge in [-0.1, -0.05) is 0 Å². The van der Waals surface area contributed by atoms with Crippen LogP contribution in [0.4, 0.5) is 14.5 Å². The van der Waals surface area contributed by atoms with Crippen molar-refractivity contribution in [2.24, 2.45) is 0 Å². The number of hydrogen-bond donors (Lipinski definition) is 1. The van der Waals surface area contributed by atoms with E-state index in [1.165, 1.54) is 24.4 Å². The number of anilines is 1. The molecule has 0 saturated carbocycles. The Bertz CT molecular complexity index is 1240.